The van der Waals surface area contributed by atoms with Crippen molar-refractivity contribution in [2.24, 2.45) is 5.92 Å². The maximum absolute atomic E-state index is 9.54. The lowest BCUT2D eigenvalue weighted by molar-refractivity contribution is 0.733. The van der Waals surface area contributed by atoms with Crippen LogP contribution in [0.15, 0.2) is 54.6 Å². The van der Waals surface area contributed by atoms with Crippen LogP contribution in [0.3, 0.4) is 0 Å². The summed E-state index contributed by atoms with van der Waals surface area (Å²) >= 11 is 5.48. The average molecular weight is 318 g/mol. The van der Waals surface area contributed by atoms with E-state index in [1.165, 1.54) is 11.1 Å². The first-order chi connectivity index (χ1) is 11.1. The molecule has 1 aliphatic heterocycles. The van der Waals surface area contributed by atoms with Crippen LogP contribution in [-0.4, -0.2) is 4.99 Å². The van der Waals surface area contributed by atoms with Gasteiger partial charge < -0.3 is 5.32 Å². The molecular formula is C20H18N2S. The quantitative estimate of drug-likeness (QED) is 0.828. The highest BCUT2D eigenvalue weighted by Gasteiger charge is 2.30. The smallest absolute Gasteiger partial charge is 0.107 e. The van der Waals surface area contributed by atoms with Gasteiger partial charge in [-0.15, -0.1) is 0 Å². The topological polar surface area (TPSA) is 35.8 Å². The third-order valence-electron chi connectivity index (χ3n) is 4.25. The molecule has 2 nitrogen and oxygen atoms in total. The molecule has 0 saturated carbocycles. The van der Waals surface area contributed by atoms with Gasteiger partial charge in [0.25, 0.3) is 0 Å². The number of hydrogen-bond donors (Lipinski definition) is 1. The summed E-state index contributed by atoms with van der Waals surface area (Å²) in [7, 11) is 0. The van der Waals surface area contributed by atoms with Crippen molar-refractivity contribution in [3.63, 3.8) is 0 Å². The van der Waals surface area contributed by atoms with Crippen molar-refractivity contribution in [2.75, 3.05) is 0 Å². The second kappa shape index (κ2) is 6.36. The molecule has 0 spiro atoms. The zero-order chi connectivity index (χ0) is 16.4. The molecule has 2 aromatic rings. The Labute approximate surface area is 142 Å². The van der Waals surface area contributed by atoms with Gasteiger partial charge in [0.2, 0.25) is 0 Å². The van der Waals surface area contributed by atoms with Crippen molar-refractivity contribution >= 4 is 22.9 Å². The number of hydrogen-bond acceptors (Lipinski definition) is 2. The fourth-order valence-electron chi connectivity index (χ4n) is 2.98. The van der Waals surface area contributed by atoms with E-state index in [0.717, 1.165) is 16.8 Å². The molecule has 3 heteroatoms. The van der Waals surface area contributed by atoms with E-state index in [-0.39, 0.29) is 11.8 Å². The molecular weight excluding hydrogens is 300 g/mol. The molecule has 0 aromatic heterocycles. The number of thiocarbonyl (C=S) groups is 1. The summed E-state index contributed by atoms with van der Waals surface area (Å²) in [6.45, 7) is 4.17. The van der Waals surface area contributed by atoms with Crippen LogP contribution < -0.4 is 5.32 Å². The number of benzene rings is 2. The normalized spacial score (nSPS) is 20.4. The van der Waals surface area contributed by atoms with Crippen molar-refractivity contribution in [3.05, 3.63) is 76.9 Å². The van der Waals surface area contributed by atoms with Crippen LogP contribution in [0, 0.1) is 31.1 Å². The van der Waals surface area contributed by atoms with Gasteiger partial charge in [-0.25, -0.2) is 0 Å². The molecule has 0 saturated heterocycles. The van der Waals surface area contributed by atoms with Crippen molar-refractivity contribution in [2.45, 2.75) is 19.8 Å². The summed E-state index contributed by atoms with van der Waals surface area (Å²) in [5.74, 6) is -0.355. The zero-order valence-corrected chi connectivity index (χ0v) is 14.0. The summed E-state index contributed by atoms with van der Waals surface area (Å²) in [4.78, 5) is 0.597. The van der Waals surface area contributed by atoms with E-state index >= 15 is 0 Å². The Hall–Kier alpha value is -2.44. The van der Waals surface area contributed by atoms with E-state index in [0.29, 0.717) is 4.99 Å². The van der Waals surface area contributed by atoms with Gasteiger partial charge in [0.1, 0.15) is 5.92 Å². The van der Waals surface area contributed by atoms with Crippen LogP contribution in [0.2, 0.25) is 0 Å². The fourth-order valence-corrected chi connectivity index (χ4v) is 3.29. The number of rotatable bonds is 2. The van der Waals surface area contributed by atoms with Gasteiger partial charge in [0, 0.05) is 17.2 Å². The Morgan fingerprint density at radius 2 is 1.83 bits per heavy atom. The minimum atomic E-state index is -0.332. The maximum Gasteiger partial charge on any atom is 0.107 e. The van der Waals surface area contributed by atoms with Gasteiger partial charge in [0.15, 0.2) is 0 Å². The van der Waals surface area contributed by atoms with E-state index in [1.54, 1.807) is 0 Å². The minimum absolute atomic E-state index is 0.0233. The van der Waals surface area contributed by atoms with Gasteiger partial charge in [-0.1, -0.05) is 66.3 Å². The van der Waals surface area contributed by atoms with E-state index in [1.807, 2.05) is 18.2 Å². The Balaban J connectivity index is 2.11. The molecule has 3 rings (SSSR count). The van der Waals surface area contributed by atoms with E-state index in [9.17, 15) is 5.26 Å². The second-order valence-electron chi connectivity index (χ2n) is 5.93. The molecule has 0 amide bonds. The number of aryl methyl sites for hydroxylation is 2. The fraction of sp³-hybridized carbons (Fsp3) is 0.200. The highest BCUT2D eigenvalue weighted by atomic mass is 32.1. The van der Waals surface area contributed by atoms with Crippen molar-refractivity contribution < 1.29 is 0 Å². The lowest BCUT2D eigenvalue weighted by atomic mass is 9.82. The molecule has 2 aromatic carbocycles. The number of nitriles is 1. The van der Waals surface area contributed by atoms with E-state index in [4.69, 9.17) is 12.2 Å². The lowest BCUT2D eigenvalue weighted by Gasteiger charge is -2.29. The van der Waals surface area contributed by atoms with Crippen molar-refractivity contribution in [1.82, 2.24) is 5.32 Å². The molecule has 0 unspecified atom stereocenters. The largest absolute Gasteiger partial charge is 0.349 e. The Bertz CT molecular complexity index is 815. The molecule has 0 radical (unpaired) electrons. The van der Waals surface area contributed by atoms with Crippen LogP contribution in [0.1, 0.15) is 28.2 Å². The summed E-state index contributed by atoms with van der Waals surface area (Å²) in [6.07, 6.45) is 2.14. The Morgan fingerprint density at radius 3 is 2.52 bits per heavy atom. The third-order valence-corrected chi connectivity index (χ3v) is 4.61. The molecule has 1 aliphatic rings. The van der Waals surface area contributed by atoms with Crippen LogP contribution in [0.5, 0.6) is 0 Å². The lowest BCUT2D eigenvalue weighted by Crippen LogP contribution is -2.35. The van der Waals surface area contributed by atoms with Gasteiger partial charge in [-0.3, -0.25) is 0 Å². The molecule has 2 atom stereocenters. The van der Waals surface area contributed by atoms with Gasteiger partial charge in [-0.05, 0) is 31.0 Å². The number of allylic oxidation sites excluding steroid dienone is 1. The summed E-state index contributed by atoms with van der Waals surface area (Å²) in [5.41, 5.74) is 5.66. The highest BCUT2D eigenvalue weighted by molar-refractivity contribution is 7.80. The van der Waals surface area contributed by atoms with Crippen LogP contribution in [0.25, 0.3) is 5.70 Å². The predicted molar refractivity (Wildman–Crippen MR) is 97.9 cm³/mol. The second-order valence-corrected chi connectivity index (χ2v) is 6.37. The molecule has 1 N–H and O–H groups in total. The zero-order valence-electron chi connectivity index (χ0n) is 13.2. The summed E-state index contributed by atoms with van der Waals surface area (Å²) < 4.78 is 0. The first-order valence-corrected chi connectivity index (χ1v) is 8.06. The van der Waals surface area contributed by atoms with Crippen LogP contribution in [0.4, 0.5) is 0 Å². The summed E-state index contributed by atoms with van der Waals surface area (Å²) in [6, 6.07) is 18.8. The summed E-state index contributed by atoms with van der Waals surface area (Å²) in [5, 5.41) is 12.8. The predicted octanol–water partition coefficient (Wildman–Crippen LogP) is 4.50. The Morgan fingerprint density at radius 1 is 1.09 bits per heavy atom. The number of nitrogens with one attached hydrogen (secondary N) is 1. The minimum Gasteiger partial charge on any atom is -0.349 e. The third kappa shape index (κ3) is 3.04. The molecule has 114 valence electrons. The van der Waals surface area contributed by atoms with E-state index in [2.05, 4.69) is 61.6 Å². The number of nitrogens with zero attached hydrogens (tertiary/aromatic N) is 1. The van der Waals surface area contributed by atoms with Gasteiger partial charge in [0.05, 0.1) is 11.1 Å². The SMILES string of the molecule is Cc1ccc(C)c(C2=C[C@H](c3ccccc3)[C@H](C#N)C(=S)N2)c1. The molecule has 1 heterocycles. The van der Waals surface area contributed by atoms with E-state index < -0.39 is 0 Å². The molecule has 0 fully saturated rings. The van der Waals surface area contributed by atoms with Crippen LogP contribution >= 0.6 is 12.2 Å². The standard InChI is InChI=1S/C20H18N2S/c1-13-8-9-14(2)16(10-13)19-11-17(15-6-4-3-5-7-15)18(12-21)20(23)22-19/h3-11,17-18H,1-2H3,(H,22,23)/t17-,18+/m1/s1. The van der Waals surface area contributed by atoms with Crippen LogP contribution in [-0.2, 0) is 0 Å². The molecule has 23 heavy (non-hydrogen) atoms. The maximum atomic E-state index is 9.54. The first kappa shape index (κ1) is 15.5. The van der Waals surface area contributed by atoms with Crippen molar-refractivity contribution in [1.29, 1.82) is 5.26 Å². The highest BCUT2D eigenvalue weighted by Crippen LogP contribution is 2.34. The first-order valence-electron chi connectivity index (χ1n) is 7.65. The van der Waals surface area contributed by atoms with Gasteiger partial charge >= 0.3 is 0 Å². The molecule has 0 bridgehead atoms. The monoisotopic (exact) mass is 318 g/mol. The molecule has 0 aliphatic carbocycles. The van der Waals surface area contributed by atoms with Crippen molar-refractivity contribution in [3.8, 4) is 6.07 Å². The van der Waals surface area contributed by atoms with Gasteiger partial charge in [-0.2, -0.15) is 5.26 Å². The average Bonchev–Trinajstić information content (AvgIpc) is 2.57. The Kier molecular flexibility index (Phi) is 4.27.